The first-order valence-electron chi connectivity index (χ1n) is 11.9. The minimum Gasteiger partial charge on any atom is -0.398 e. The Morgan fingerprint density at radius 2 is 1.46 bits per heavy atom. The number of hydrogen-bond donors (Lipinski definition) is 2. The van der Waals surface area contributed by atoms with E-state index in [9.17, 15) is 8.42 Å². The van der Waals surface area contributed by atoms with Crippen molar-refractivity contribution in [3.05, 3.63) is 132 Å². The minimum absolute atomic E-state index is 0.0666. The number of nitrogens with zero attached hydrogens (tertiary/aromatic N) is 1. The van der Waals surface area contributed by atoms with Gasteiger partial charge >= 0.3 is 5.89 Å². The van der Waals surface area contributed by atoms with E-state index in [0.29, 0.717) is 0 Å². The second-order valence-electron chi connectivity index (χ2n) is 8.43. The maximum absolute atomic E-state index is 10.5. The summed E-state index contributed by atoms with van der Waals surface area (Å²) in [6, 6.07) is 34.8. The number of aryl methyl sites for hydroxylation is 3. The van der Waals surface area contributed by atoms with Crippen LogP contribution in [0.25, 0.3) is 17.2 Å². The van der Waals surface area contributed by atoms with Gasteiger partial charge in [0.05, 0.1) is 11.0 Å². The summed E-state index contributed by atoms with van der Waals surface area (Å²) in [5.74, 6) is 0.838. The van der Waals surface area contributed by atoms with Crippen molar-refractivity contribution in [2.24, 2.45) is 0 Å². The van der Waals surface area contributed by atoms with Crippen molar-refractivity contribution in [3.8, 4) is 0 Å². The Balaban J connectivity index is 0.000000245. The Bertz CT molecular complexity index is 1560. The van der Waals surface area contributed by atoms with E-state index in [-0.39, 0.29) is 4.90 Å². The van der Waals surface area contributed by atoms with E-state index in [2.05, 4.69) is 40.2 Å². The van der Waals surface area contributed by atoms with E-state index in [0.717, 1.165) is 41.2 Å². The van der Waals surface area contributed by atoms with Crippen LogP contribution >= 0.6 is 0 Å². The van der Waals surface area contributed by atoms with Crippen LogP contribution in [-0.4, -0.2) is 13.0 Å². The third-order valence-electron chi connectivity index (χ3n) is 5.67. The van der Waals surface area contributed by atoms with Crippen LogP contribution in [0.3, 0.4) is 0 Å². The predicted octanol–water partition coefficient (Wildman–Crippen LogP) is 6.29. The molecule has 5 rings (SSSR count). The Hall–Kier alpha value is -4.20. The van der Waals surface area contributed by atoms with Crippen LogP contribution in [-0.2, 0) is 23.1 Å². The maximum atomic E-state index is 10.5. The Kier molecular flexibility index (Phi) is 8.51. The standard InChI is InChI=1S/C23H20N2O.C7H8O3S/c1-3-9-19(10-4-1)16-18-25-21-13-7-8-14-22(21)26-23(25)15-17-24-20-11-5-2-6-12-20;1-6-2-4-7(5-3-6)11(8,9)10/h1-15,17H,16,18H2;2-5H,1H3,(H,8,9,10)/p+1. The first kappa shape index (κ1) is 25.9. The second kappa shape index (κ2) is 12.2. The number of benzene rings is 4. The number of nitrogens with one attached hydrogen (secondary N) is 1. The Labute approximate surface area is 217 Å². The van der Waals surface area contributed by atoms with Gasteiger partial charge in [-0.3, -0.25) is 4.55 Å². The molecule has 2 N–H and O–H groups in total. The maximum Gasteiger partial charge on any atom is 0.375 e. The third kappa shape index (κ3) is 7.39. The highest BCUT2D eigenvalue weighted by Crippen LogP contribution is 2.15. The zero-order valence-corrected chi connectivity index (χ0v) is 21.3. The molecule has 0 bridgehead atoms. The highest BCUT2D eigenvalue weighted by atomic mass is 32.2. The molecule has 188 valence electrons. The largest absolute Gasteiger partial charge is 0.398 e. The molecule has 5 aromatic rings. The minimum atomic E-state index is -4.02. The lowest BCUT2D eigenvalue weighted by Crippen LogP contribution is -2.36. The summed E-state index contributed by atoms with van der Waals surface area (Å²) in [6.07, 6.45) is 4.87. The number of anilines is 1. The van der Waals surface area contributed by atoms with Crippen molar-refractivity contribution in [1.82, 2.24) is 0 Å². The molecule has 6 nitrogen and oxygen atoms in total. The van der Waals surface area contributed by atoms with Gasteiger partial charge in [0.15, 0.2) is 6.54 Å². The molecule has 0 spiro atoms. The highest BCUT2D eigenvalue weighted by molar-refractivity contribution is 7.85. The van der Waals surface area contributed by atoms with E-state index in [1.807, 2.05) is 73.8 Å². The van der Waals surface area contributed by atoms with Gasteiger partial charge in [-0.2, -0.15) is 13.0 Å². The lowest BCUT2D eigenvalue weighted by molar-refractivity contribution is -0.677. The summed E-state index contributed by atoms with van der Waals surface area (Å²) in [6.45, 7) is 2.71. The van der Waals surface area contributed by atoms with Crippen molar-refractivity contribution < 1.29 is 22.0 Å². The van der Waals surface area contributed by atoms with Gasteiger partial charge < -0.3 is 9.73 Å². The van der Waals surface area contributed by atoms with Crippen LogP contribution in [0.2, 0.25) is 0 Å². The molecule has 0 fully saturated rings. The molecule has 0 aliphatic carbocycles. The van der Waals surface area contributed by atoms with Gasteiger partial charge in [0.2, 0.25) is 5.58 Å². The normalized spacial score (nSPS) is 11.3. The number of fused-ring (bicyclic) bond motifs is 1. The quantitative estimate of drug-likeness (QED) is 0.197. The average molecular weight is 514 g/mol. The first-order valence-corrected chi connectivity index (χ1v) is 13.3. The summed E-state index contributed by atoms with van der Waals surface area (Å²) in [4.78, 5) is -0.0666. The molecular formula is C30H29N2O4S+. The van der Waals surface area contributed by atoms with Gasteiger partial charge in [-0.05, 0) is 42.8 Å². The molecule has 7 heteroatoms. The van der Waals surface area contributed by atoms with Crippen LogP contribution in [0.4, 0.5) is 5.69 Å². The lowest BCUT2D eigenvalue weighted by Gasteiger charge is -1.99. The molecule has 4 aromatic carbocycles. The van der Waals surface area contributed by atoms with Crippen LogP contribution in [0.5, 0.6) is 0 Å². The van der Waals surface area contributed by atoms with Crippen LogP contribution in [0, 0.1) is 6.92 Å². The van der Waals surface area contributed by atoms with Gasteiger partial charge in [-0.25, -0.2) is 0 Å². The SMILES string of the molecule is C(=Cc1oc2ccccc2[n+]1CCc1ccccc1)Nc1ccccc1.Cc1ccc(S(=O)(=O)O)cc1. The molecule has 0 atom stereocenters. The van der Waals surface area contributed by atoms with Crippen LogP contribution < -0.4 is 9.88 Å². The lowest BCUT2D eigenvalue weighted by atomic mass is 10.1. The van der Waals surface area contributed by atoms with E-state index in [1.165, 1.54) is 17.7 Å². The summed E-state index contributed by atoms with van der Waals surface area (Å²) in [5, 5.41) is 3.28. The van der Waals surface area contributed by atoms with Gasteiger partial charge in [-0.15, -0.1) is 0 Å². The van der Waals surface area contributed by atoms with Crippen molar-refractivity contribution in [3.63, 3.8) is 0 Å². The van der Waals surface area contributed by atoms with E-state index in [1.54, 1.807) is 12.1 Å². The van der Waals surface area contributed by atoms with Crippen molar-refractivity contribution in [2.45, 2.75) is 24.8 Å². The van der Waals surface area contributed by atoms with Crippen LogP contribution in [0.15, 0.2) is 125 Å². The molecule has 0 saturated carbocycles. The summed E-state index contributed by atoms with van der Waals surface area (Å²) in [7, 11) is -4.02. The van der Waals surface area contributed by atoms with Gasteiger partial charge in [-0.1, -0.05) is 78.4 Å². The smallest absolute Gasteiger partial charge is 0.375 e. The molecular weight excluding hydrogens is 484 g/mol. The second-order valence-corrected chi connectivity index (χ2v) is 9.85. The first-order chi connectivity index (χ1) is 17.9. The van der Waals surface area contributed by atoms with Gasteiger partial charge in [0, 0.05) is 24.4 Å². The van der Waals surface area contributed by atoms with E-state index < -0.39 is 10.1 Å². The van der Waals surface area contributed by atoms with Gasteiger partial charge in [0.1, 0.15) is 0 Å². The number of para-hydroxylation sites is 3. The van der Waals surface area contributed by atoms with Crippen LogP contribution in [0.1, 0.15) is 17.0 Å². The fraction of sp³-hybridized carbons (Fsp3) is 0.100. The number of oxazole rings is 1. The van der Waals surface area contributed by atoms with Crippen molar-refractivity contribution >= 4 is 33.0 Å². The number of rotatable bonds is 7. The molecule has 1 aromatic heterocycles. The summed E-state index contributed by atoms with van der Waals surface area (Å²) in [5.41, 5.74) is 5.35. The van der Waals surface area contributed by atoms with E-state index >= 15 is 0 Å². The zero-order chi connectivity index (χ0) is 26.1. The highest BCUT2D eigenvalue weighted by Gasteiger charge is 2.19. The number of hydrogen-bond acceptors (Lipinski definition) is 4. The fourth-order valence-electron chi connectivity index (χ4n) is 3.75. The number of aromatic nitrogens is 1. The van der Waals surface area contributed by atoms with E-state index in [4.69, 9.17) is 8.97 Å². The predicted molar refractivity (Wildman–Crippen MR) is 147 cm³/mol. The molecule has 0 saturated heterocycles. The zero-order valence-electron chi connectivity index (χ0n) is 20.5. The molecule has 37 heavy (non-hydrogen) atoms. The summed E-state index contributed by atoms with van der Waals surface area (Å²) >= 11 is 0. The molecule has 0 aliphatic rings. The average Bonchev–Trinajstić information content (AvgIpc) is 3.26. The molecule has 0 unspecified atom stereocenters. The Morgan fingerprint density at radius 1 is 0.838 bits per heavy atom. The molecule has 0 amide bonds. The molecule has 0 aliphatic heterocycles. The summed E-state index contributed by atoms with van der Waals surface area (Å²) < 4.78 is 37.8. The topological polar surface area (TPSA) is 83.4 Å². The van der Waals surface area contributed by atoms with Crippen molar-refractivity contribution in [2.75, 3.05) is 5.32 Å². The molecule has 1 heterocycles. The monoisotopic (exact) mass is 513 g/mol. The Morgan fingerprint density at radius 3 is 2.14 bits per heavy atom. The molecule has 0 radical (unpaired) electrons. The van der Waals surface area contributed by atoms with Gasteiger partial charge in [0.25, 0.3) is 15.6 Å². The third-order valence-corrected chi connectivity index (χ3v) is 6.54. The fourth-order valence-corrected chi connectivity index (χ4v) is 4.23. The van der Waals surface area contributed by atoms with Crippen molar-refractivity contribution in [1.29, 1.82) is 0 Å².